The maximum absolute atomic E-state index is 14.7. The summed E-state index contributed by atoms with van der Waals surface area (Å²) in [5, 5.41) is 2.85. The molecular formula is C66H69N7O4. The number of nitrogens with zero attached hydrogens (tertiary/aromatic N) is 4. The first-order chi connectivity index (χ1) is 37.6. The number of carbonyl (C=O) groups is 3. The number of alkyl carbamates (subject to hydrolysis) is 1. The van der Waals surface area contributed by atoms with Crippen molar-refractivity contribution < 1.29 is 19.1 Å². The minimum Gasteiger partial charge on any atom is -0.453 e. The Morgan fingerprint density at radius 3 is 1.81 bits per heavy atom. The number of fused-ring (bicyclic) bond motifs is 3. The number of methoxy groups -OCH3 is 1. The van der Waals surface area contributed by atoms with Gasteiger partial charge in [0.25, 0.3) is 5.91 Å². The number of aromatic nitrogens is 4. The van der Waals surface area contributed by atoms with Crippen molar-refractivity contribution >= 4 is 28.9 Å². The summed E-state index contributed by atoms with van der Waals surface area (Å²) in [6.45, 7) is 1.47. The number of benzene rings is 5. The lowest BCUT2D eigenvalue weighted by atomic mass is 9.82. The molecule has 392 valence electrons. The molecule has 5 aromatic carbocycles. The first-order valence-electron chi connectivity index (χ1n) is 29.0. The zero-order valence-corrected chi connectivity index (χ0v) is 44.4. The van der Waals surface area contributed by atoms with E-state index in [9.17, 15) is 14.4 Å². The Morgan fingerprint density at radius 1 is 0.623 bits per heavy atom. The first kappa shape index (κ1) is 47.2. The Balaban J connectivity index is 0.767. The summed E-state index contributed by atoms with van der Waals surface area (Å²) >= 11 is 0. The molecule has 0 bridgehead atoms. The molecule has 6 fully saturated rings. The van der Waals surface area contributed by atoms with Crippen LogP contribution in [0.2, 0.25) is 0 Å². The molecule has 4 saturated carbocycles. The van der Waals surface area contributed by atoms with Gasteiger partial charge in [-0.1, -0.05) is 117 Å². The fourth-order valence-electron chi connectivity index (χ4n) is 16.1. The van der Waals surface area contributed by atoms with Crippen LogP contribution in [0.3, 0.4) is 0 Å². The summed E-state index contributed by atoms with van der Waals surface area (Å²) in [7, 11) is 1.33. The van der Waals surface area contributed by atoms with Crippen LogP contribution in [-0.4, -0.2) is 67.8 Å². The van der Waals surface area contributed by atoms with Crippen LogP contribution in [0.4, 0.5) is 4.79 Å². The highest BCUT2D eigenvalue weighted by atomic mass is 16.5. The second kappa shape index (κ2) is 17.8. The third kappa shape index (κ3) is 8.14. The van der Waals surface area contributed by atoms with Gasteiger partial charge in [0.1, 0.15) is 17.7 Å². The standard InChI is InChI=1S/C66H69N7O4/c1-77-62(76)71-58(42-14-6-3-7-15-42)61(75)73-40-66(28-29-66)36-55(73)59-67-38-54(70-59)47-20-19-46(50-34-64(35-51(47)50)24-10-11-25-64)45-18-17-44(48-32-63(33-49(45)48)22-8-9-23-63)43-16-21-52-53(31-43)69-60(68-52)56-37-65(26-27-65)39-72(56)57(74)30-41-12-4-2-5-13-41/h2-7,12-21,31,38,55-56,58H,8-11,22-30,32-37,39-40H2,1H3,(H,67,70)(H,68,69)(H,71,76)/t55-,56-,58-/m0/s1. The second-order valence-corrected chi connectivity index (χ2v) is 25.5. The van der Waals surface area contributed by atoms with E-state index >= 15 is 0 Å². The number of imidazole rings is 2. The van der Waals surface area contributed by atoms with Gasteiger partial charge >= 0.3 is 6.09 Å². The van der Waals surface area contributed by atoms with Crippen LogP contribution in [-0.2, 0) is 46.4 Å². The minimum atomic E-state index is -0.868. The average Bonchev–Trinajstić information content (AvgIpc) is 4.14. The predicted octanol–water partition coefficient (Wildman–Crippen LogP) is 13.1. The third-order valence-electron chi connectivity index (χ3n) is 20.6. The Labute approximate surface area is 451 Å². The quantitative estimate of drug-likeness (QED) is 0.125. The SMILES string of the molecule is COC(=O)N[C@H](C(=O)N1CC2(CC2)C[C@H]1c1ncc(-c2ccc(-c3ccc(-c4ccc5nc([C@@H]6CC7(CC7)CN6C(=O)Cc6ccccc6)[nH]c5c4)c4c3CC3(CCCC3)C4)c3c2CC2(CCCC2)C3)[nH]1)c1ccccc1. The van der Waals surface area contributed by atoms with Gasteiger partial charge in [-0.25, -0.2) is 14.8 Å². The number of likely N-dealkylation sites (tertiary alicyclic amines) is 2. The smallest absolute Gasteiger partial charge is 0.407 e. The highest BCUT2D eigenvalue weighted by Gasteiger charge is 2.56. The Hall–Kier alpha value is -7.01. The number of H-pyrrole nitrogens is 2. The number of nitrogens with one attached hydrogen (secondary N) is 3. The van der Waals surface area contributed by atoms with Gasteiger partial charge in [-0.05, 0) is 179 Å². The molecule has 8 aliphatic rings. The molecule has 11 heteroatoms. The van der Waals surface area contributed by atoms with E-state index in [4.69, 9.17) is 14.7 Å². The van der Waals surface area contributed by atoms with Crippen LogP contribution >= 0.6 is 0 Å². The van der Waals surface area contributed by atoms with Gasteiger partial charge in [0.2, 0.25) is 5.91 Å². The highest BCUT2D eigenvalue weighted by Crippen LogP contribution is 2.61. The Kier molecular flexibility index (Phi) is 10.9. The van der Waals surface area contributed by atoms with Crippen molar-refractivity contribution in [3.8, 4) is 33.5 Å². The van der Waals surface area contributed by atoms with Crippen molar-refractivity contribution in [3.63, 3.8) is 0 Å². The van der Waals surface area contributed by atoms with Crippen LogP contribution in [0, 0.1) is 21.7 Å². The summed E-state index contributed by atoms with van der Waals surface area (Å²) in [6, 6.07) is 35.1. The van der Waals surface area contributed by atoms with Gasteiger partial charge < -0.3 is 29.8 Å². The molecule has 77 heavy (non-hydrogen) atoms. The van der Waals surface area contributed by atoms with Gasteiger partial charge in [0, 0.05) is 18.7 Å². The lowest BCUT2D eigenvalue weighted by Gasteiger charge is -2.28. The van der Waals surface area contributed by atoms with Gasteiger partial charge in [-0.2, -0.15) is 0 Å². The molecule has 0 radical (unpaired) electrons. The largest absolute Gasteiger partial charge is 0.453 e. The zero-order chi connectivity index (χ0) is 51.7. The van der Waals surface area contributed by atoms with Crippen molar-refractivity contribution in [2.24, 2.45) is 21.7 Å². The summed E-state index contributed by atoms with van der Waals surface area (Å²) in [5.74, 6) is 1.78. The lowest BCUT2D eigenvalue weighted by molar-refractivity contribution is -0.135. The molecule has 11 nitrogen and oxygen atoms in total. The number of ether oxygens (including phenoxy) is 1. The van der Waals surface area contributed by atoms with E-state index in [0.717, 1.165) is 97.4 Å². The predicted molar refractivity (Wildman–Crippen MR) is 298 cm³/mol. The minimum absolute atomic E-state index is 0.0400. The molecule has 4 heterocycles. The van der Waals surface area contributed by atoms with Crippen molar-refractivity contribution in [2.45, 2.75) is 140 Å². The summed E-state index contributed by atoms with van der Waals surface area (Å²) in [6.07, 6.45) is 22.9. The first-order valence-corrected chi connectivity index (χ1v) is 29.0. The van der Waals surface area contributed by atoms with Gasteiger partial charge in [0.15, 0.2) is 0 Å². The van der Waals surface area contributed by atoms with E-state index in [1.54, 1.807) is 5.56 Å². The molecule has 4 spiro atoms. The monoisotopic (exact) mass is 1020 g/mol. The van der Waals surface area contributed by atoms with E-state index in [0.29, 0.717) is 18.4 Å². The Bertz CT molecular complexity index is 3500. The number of hydrogen-bond donors (Lipinski definition) is 3. The van der Waals surface area contributed by atoms with Crippen LogP contribution in [0.5, 0.6) is 0 Å². The summed E-state index contributed by atoms with van der Waals surface area (Å²) in [5.41, 5.74) is 18.4. The van der Waals surface area contributed by atoms with Crippen molar-refractivity contribution in [1.82, 2.24) is 35.1 Å². The summed E-state index contributed by atoms with van der Waals surface area (Å²) < 4.78 is 5.01. The fraction of sp³-hybridized carbons (Fsp3) is 0.439. The molecule has 2 aliphatic heterocycles. The van der Waals surface area contributed by atoms with Crippen LogP contribution in [0.15, 0.2) is 109 Å². The molecule has 6 aliphatic carbocycles. The normalized spacial score (nSPS) is 22.9. The molecule has 3 N–H and O–H groups in total. The number of carbonyl (C=O) groups excluding carboxylic acids is 3. The van der Waals surface area contributed by atoms with Gasteiger partial charge in [-0.15, -0.1) is 0 Å². The van der Waals surface area contributed by atoms with E-state index in [1.807, 2.05) is 59.6 Å². The summed E-state index contributed by atoms with van der Waals surface area (Å²) in [4.78, 5) is 63.4. The molecular weight excluding hydrogens is 955 g/mol. The number of aromatic amines is 2. The highest BCUT2D eigenvalue weighted by molar-refractivity contribution is 5.89. The molecule has 2 saturated heterocycles. The Morgan fingerprint density at radius 2 is 1.18 bits per heavy atom. The molecule has 0 unspecified atom stereocenters. The third-order valence-corrected chi connectivity index (χ3v) is 20.6. The average molecular weight is 1020 g/mol. The van der Waals surface area contributed by atoms with Crippen LogP contribution < -0.4 is 5.32 Å². The molecule has 2 aromatic heterocycles. The van der Waals surface area contributed by atoms with Gasteiger partial charge in [0.05, 0.1) is 48.5 Å². The number of hydrogen-bond acceptors (Lipinski definition) is 6. The van der Waals surface area contributed by atoms with Crippen molar-refractivity contribution in [2.75, 3.05) is 20.2 Å². The molecule has 7 aromatic rings. The van der Waals surface area contributed by atoms with E-state index in [1.165, 1.54) is 116 Å². The van der Waals surface area contributed by atoms with Gasteiger partial charge in [-0.3, -0.25) is 9.59 Å². The second-order valence-electron chi connectivity index (χ2n) is 25.5. The van der Waals surface area contributed by atoms with Crippen molar-refractivity contribution in [3.05, 3.63) is 154 Å². The van der Waals surface area contributed by atoms with Crippen LogP contribution in [0.25, 0.3) is 44.5 Å². The van der Waals surface area contributed by atoms with E-state index in [-0.39, 0.29) is 40.1 Å². The zero-order valence-electron chi connectivity index (χ0n) is 44.4. The number of amides is 3. The fourth-order valence-corrected chi connectivity index (χ4v) is 16.1. The maximum atomic E-state index is 14.7. The molecule has 15 rings (SSSR count). The molecule has 3 atom stereocenters. The number of rotatable bonds is 10. The van der Waals surface area contributed by atoms with E-state index in [2.05, 4.69) is 74.8 Å². The topological polar surface area (TPSA) is 136 Å². The van der Waals surface area contributed by atoms with E-state index < -0.39 is 12.1 Å². The lowest BCUT2D eigenvalue weighted by Crippen LogP contribution is -2.43. The van der Waals surface area contributed by atoms with Crippen LogP contribution in [0.1, 0.15) is 153 Å². The van der Waals surface area contributed by atoms with Crippen molar-refractivity contribution in [1.29, 1.82) is 0 Å². The maximum Gasteiger partial charge on any atom is 0.407 e. The molecule has 3 amide bonds.